The summed E-state index contributed by atoms with van der Waals surface area (Å²) < 4.78 is 9.74. The van der Waals surface area contributed by atoms with Crippen molar-refractivity contribution >= 4 is 11.9 Å². The van der Waals surface area contributed by atoms with Crippen LogP contribution in [-0.2, 0) is 19.1 Å². The predicted molar refractivity (Wildman–Crippen MR) is 58.8 cm³/mol. The van der Waals surface area contributed by atoms with Crippen LogP contribution in [-0.4, -0.2) is 25.2 Å². The third-order valence-electron chi connectivity index (χ3n) is 2.74. The minimum Gasteiger partial charge on any atom is -0.463 e. The normalized spacial score (nSPS) is 16.8. The van der Waals surface area contributed by atoms with Crippen molar-refractivity contribution in [2.24, 2.45) is 5.92 Å². The second-order valence-corrected chi connectivity index (χ2v) is 4.16. The number of hydrogen-bond donors (Lipinski definition) is 0. The van der Waals surface area contributed by atoms with E-state index in [9.17, 15) is 9.59 Å². The molecule has 0 aromatic rings. The van der Waals surface area contributed by atoms with Crippen molar-refractivity contribution in [3.05, 3.63) is 0 Å². The molecule has 0 aromatic carbocycles. The molecule has 1 fully saturated rings. The zero-order chi connectivity index (χ0) is 11.8. The lowest BCUT2D eigenvalue weighted by Gasteiger charge is -2.19. The van der Waals surface area contributed by atoms with Crippen LogP contribution in [0, 0.1) is 5.92 Å². The van der Waals surface area contributed by atoms with E-state index in [-0.39, 0.29) is 18.5 Å². The third kappa shape index (κ3) is 4.64. The van der Waals surface area contributed by atoms with Gasteiger partial charge in [0.25, 0.3) is 0 Å². The lowest BCUT2D eigenvalue weighted by atomic mass is 9.89. The average Bonchev–Trinajstić information content (AvgIpc) is 2.34. The van der Waals surface area contributed by atoms with Gasteiger partial charge in [-0.15, -0.1) is 0 Å². The zero-order valence-corrected chi connectivity index (χ0v) is 9.87. The Morgan fingerprint density at radius 3 is 2.44 bits per heavy atom. The molecule has 1 rings (SSSR count). The number of esters is 2. The van der Waals surface area contributed by atoms with Gasteiger partial charge in [0, 0.05) is 0 Å². The highest BCUT2D eigenvalue weighted by molar-refractivity contribution is 5.77. The standard InChI is InChI=1S/C12H20O4/c1-2-8-15-11(13)9-16-12(14)10-6-4-3-5-7-10/h10H,2-9H2,1H3. The number of ether oxygens (including phenoxy) is 2. The van der Waals surface area contributed by atoms with E-state index in [0.29, 0.717) is 6.61 Å². The molecular weight excluding hydrogens is 208 g/mol. The van der Waals surface area contributed by atoms with Crippen LogP contribution in [0.4, 0.5) is 0 Å². The highest BCUT2D eigenvalue weighted by Gasteiger charge is 2.23. The highest BCUT2D eigenvalue weighted by atomic mass is 16.6. The van der Waals surface area contributed by atoms with Crippen molar-refractivity contribution < 1.29 is 19.1 Å². The summed E-state index contributed by atoms with van der Waals surface area (Å²) in [5, 5.41) is 0. The second-order valence-electron chi connectivity index (χ2n) is 4.16. The van der Waals surface area contributed by atoms with Gasteiger partial charge >= 0.3 is 11.9 Å². The first-order valence-corrected chi connectivity index (χ1v) is 6.06. The van der Waals surface area contributed by atoms with E-state index < -0.39 is 5.97 Å². The van der Waals surface area contributed by atoms with E-state index in [1.54, 1.807) is 0 Å². The van der Waals surface area contributed by atoms with Crippen LogP contribution in [0.15, 0.2) is 0 Å². The Kier molecular flexibility index (Phi) is 5.90. The average molecular weight is 228 g/mol. The fourth-order valence-electron chi connectivity index (χ4n) is 1.84. The van der Waals surface area contributed by atoms with Crippen molar-refractivity contribution in [3.63, 3.8) is 0 Å². The number of hydrogen-bond acceptors (Lipinski definition) is 4. The smallest absolute Gasteiger partial charge is 0.344 e. The van der Waals surface area contributed by atoms with Crippen LogP contribution in [0.3, 0.4) is 0 Å². The van der Waals surface area contributed by atoms with Crippen molar-refractivity contribution in [2.45, 2.75) is 45.4 Å². The SMILES string of the molecule is CCCOC(=O)COC(=O)C1CCCCC1. The fraction of sp³-hybridized carbons (Fsp3) is 0.833. The van der Waals surface area contributed by atoms with Gasteiger partial charge in [-0.25, -0.2) is 4.79 Å². The molecule has 0 atom stereocenters. The second kappa shape index (κ2) is 7.25. The lowest BCUT2D eigenvalue weighted by molar-refractivity contribution is -0.162. The van der Waals surface area contributed by atoms with E-state index in [2.05, 4.69) is 0 Å². The molecule has 4 nitrogen and oxygen atoms in total. The van der Waals surface area contributed by atoms with Gasteiger partial charge in [-0.3, -0.25) is 4.79 Å². The molecule has 0 amide bonds. The summed E-state index contributed by atoms with van der Waals surface area (Å²) in [6, 6.07) is 0. The first-order chi connectivity index (χ1) is 7.74. The summed E-state index contributed by atoms with van der Waals surface area (Å²) in [7, 11) is 0. The summed E-state index contributed by atoms with van der Waals surface area (Å²) in [6.07, 6.45) is 5.93. The minimum atomic E-state index is -0.453. The van der Waals surface area contributed by atoms with Crippen LogP contribution in [0.5, 0.6) is 0 Å². The van der Waals surface area contributed by atoms with Gasteiger partial charge in [0.1, 0.15) is 0 Å². The van der Waals surface area contributed by atoms with Gasteiger partial charge in [-0.1, -0.05) is 26.2 Å². The molecule has 0 radical (unpaired) electrons. The summed E-state index contributed by atoms with van der Waals surface area (Å²) in [5.41, 5.74) is 0. The van der Waals surface area contributed by atoms with Crippen molar-refractivity contribution in [3.8, 4) is 0 Å². The van der Waals surface area contributed by atoms with Crippen LogP contribution in [0.1, 0.15) is 45.4 Å². The Morgan fingerprint density at radius 1 is 1.12 bits per heavy atom. The summed E-state index contributed by atoms with van der Waals surface area (Å²) in [5.74, 6) is -0.702. The molecule has 0 heterocycles. The first kappa shape index (κ1) is 13.0. The molecule has 0 aromatic heterocycles. The van der Waals surface area contributed by atoms with Crippen molar-refractivity contribution in [1.29, 1.82) is 0 Å². The van der Waals surface area contributed by atoms with E-state index in [1.165, 1.54) is 6.42 Å². The van der Waals surface area contributed by atoms with Gasteiger partial charge in [-0.05, 0) is 19.3 Å². The quantitative estimate of drug-likeness (QED) is 0.676. The number of carbonyl (C=O) groups excluding carboxylic acids is 2. The van der Waals surface area contributed by atoms with E-state index >= 15 is 0 Å². The number of rotatable bonds is 5. The van der Waals surface area contributed by atoms with Crippen LogP contribution < -0.4 is 0 Å². The van der Waals surface area contributed by atoms with Crippen molar-refractivity contribution in [2.75, 3.05) is 13.2 Å². The van der Waals surface area contributed by atoms with E-state index in [0.717, 1.165) is 32.1 Å². The Bertz CT molecular complexity index is 231. The maximum absolute atomic E-state index is 11.5. The highest BCUT2D eigenvalue weighted by Crippen LogP contribution is 2.24. The van der Waals surface area contributed by atoms with Crippen LogP contribution in [0.25, 0.3) is 0 Å². The summed E-state index contributed by atoms with van der Waals surface area (Å²) in [4.78, 5) is 22.6. The Balaban J connectivity index is 2.15. The zero-order valence-electron chi connectivity index (χ0n) is 9.87. The van der Waals surface area contributed by atoms with Crippen LogP contribution >= 0.6 is 0 Å². The molecule has 0 aliphatic heterocycles. The van der Waals surface area contributed by atoms with Gasteiger partial charge in [0.2, 0.25) is 0 Å². The number of carbonyl (C=O) groups is 2. The van der Waals surface area contributed by atoms with Crippen LogP contribution in [0.2, 0.25) is 0 Å². The molecule has 1 aliphatic carbocycles. The Labute approximate surface area is 96.3 Å². The Hall–Kier alpha value is -1.06. The molecule has 16 heavy (non-hydrogen) atoms. The first-order valence-electron chi connectivity index (χ1n) is 6.06. The Morgan fingerprint density at radius 2 is 1.81 bits per heavy atom. The summed E-state index contributed by atoms with van der Waals surface area (Å²) in [6.45, 7) is 2.07. The predicted octanol–water partition coefficient (Wildman–Crippen LogP) is 2.06. The maximum atomic E-state index is 11.5. The molecular formula is C12H20O4. The monoisotopic (exact) mass is 228 g/mol. The van der Waals surface area contributed by atoms with Gasteiger partial charge in [-0.2, -0.15) is 0 Å². The molecule has 4 heteroatoms. The maximum Gasteiger partial charge on any atom is 0.344 e. The van der Waals surface area contributed by atoms with E-state index in [4.69, 9.17) is 9.47 Å². The van der Waals surface area contributed by atoms with Crippen molar-refractivity contribution in [1.82, 2.24) is 0 Å². The molecule has 92 valence electrons. The summed E-state index contributed by atoms with van der Waals surface area (Å²) >= 11 is 0. The molecule has 0 spiro atoms. The third-order valence-corrected chi connectivity index (χ3v) is 2.74. The van der Waals surface area contributed by atoms with E-state index in [1.807, 2.05) is 6.92 Å². The fourth-order valence-corrected chi connectivity index (χ4v) is 1.84. The van der Waals surface area contributed by atoms with Gasteiger partial charge in [0.05, 0.1) is 12.5 Å². The molecule has 0 saturated heterocycles. The molecule has 0 bridgehead atoms. The molecule has 1 aliphatic rings. The lowest BCUT2D eigenvalue weighted by Crippen LogP contribution is -2.24. The largest absolute Gasteiger partial charge is 0.463 e. The minimum absolute atomic E-state index is 0.00674. The topological polar surface area (TPSA) is 52.6 Å². The van der Waals surface area contributed by atoms with Gasteiger partial charge < -0.3 is 9.47 Å². The molecule has 0 N–H and O–H groups in total. The van der Waals surface area contributed by atoms with Gasteiger partial charge in [0.15, 0.2) is 6.61 Å². The molecule has 1 saturated carbocycles. The molecule has 0 unspecified atom stereocenters.